The van der Waals surface area contributed by atoms with Crippen molar-refractivity contribution in [2.45, 2.75) is 46.3 Å². The highest BCUT2D eigenvalue weighted by atomic mass is 32.1. The number of anilines is 1. The number of aliphatic hydroxyl groups excluding tert-OH is 1. The van der Waals surface area contributed by atoms with Crippen LogP contribution in [0.15, 0.2) is 18.2 Å². The van der Waals surface area contributed by atoms with E-state index in [4.69, 9.17) is 0 Å². The number of aliphatic hydroxyl groups is 1. The Morgan fingerprint density at radius 3 is 3.04 bits per heavy atom. The Morgan fingerprint density at radius 1 is 1.33 bits per heavy atom. The third-order valence-corrected chi connectivity index (χ3v) is 5.80. The van der Waals surface area contributed by atoms with Gasteiger partial charge in [0.2, 0.25) is 0 Å². The molecule has 1 aliphatic rings. The van der Waals surface area contributed by atoms with Gasteiger partial charge >= 0.3 is 0 Å². The smallest absolute Gasteiger partial charge is 0.180 e. The maximum Gasteiger partial charge on any atom is 0.180 e. The molecule has 0 fully saturated rings. The number of nitrogens with one attached hydrogen (secondary N) is 1. The number of fused-ring (bicyclic) bond motifs is 2. The van der Waals surface area contributed by atoms with Gasteiger partial charge in [-0.1, -0.05) is 13.8 Å². The van der Waals surface area contributed by atoms with Gasteiger partial charge in [-0.15, -0.1) is 26.6 Å². The molecule has 0 bridgehead atoms. The highest BCUT2D eigenvalue weighted by Crippen LogP contribution is 2.38. The molecule has 3 heterocycles. The van der Waals surface area contributed by atoms with E-state index in [-0.39, 0.29) is 6.61 Å². The molecule has 0 saturated carbocycles. The van der Waals surface area contributed by atoms with Crippen LogP contribution in [0.2, 0.25) is 0 Å². The van der Waals surface area contributed by atoms with Crippen LogP contribution in [0.4, 0.5) is 5.82 Å². The number of rotatable bonds is 4. The van der Waals surface area contributed by atoms with Crippen LogP contribution in [-0.4, -0.2) is 24.9 Å². The van der Waals surface area contributed by atoms with E-state index in [0.29, 0.717) is 16.9 Å². The summed E-state index contributed by atoms with van der Waals surface area (Å²) in [5, 5.41) is 25.0. The van der Waals surface area contributed by atoms with Crippen LogP contribution in [0, 0.1) is 5.41 Å². The van der Waals surface area contributed by atoms with Crippen molar-refractivity contribution in [2.75, 3.05) is 5.32 Å². The Kier molecular flexibility index (Phi) is 3.77. The molecule has 2 N–H and O–H groups in total. The van der Waals surface area contributed by atoms with E-state index in [2.05, 4.69) is 40.5 Å². The Bertz CT molecular complexity index is 882. The predicted octanol–water partition coefficient (Wildman–Crippen LogP) is 2.81. The SMILES string of the molecule is CC1(C)CCc2sc(CNc3ccc4nnc(CO)n4n3)cc2C1. The van der Waals surface area contributed by atoms with Gasteiger partial charge in [0.15, 0.2) is 11.5 Å². The maximum absolute atomic E-state index is 9.28. The molecule has 6 nitrogen and oxygen atoms in total. The molecule has 0 unspecified atom stereocenters. The highest BCUT2D eigenvalue weighted by Gasteiger charge is 2.26. The van der Waals surface area contributed by atoms with E-state index < -0.39 is 0 Å². The van der Waals surface area contributed by atoms with E-state index in [1.54, 1.807) is 4.52 Å². The summed E-state index contributed by atoms with van der Waals surface area (Å²) in [4.78, 5) is 2.88. The fraction of sp³-hybridized carbons (Fsp3) is 0.471. The lowest BCUT2D eigenvalue weighted by atomic mass is 9.77. The van der Waals surface area contributed by atoms with Gasteiger partial charge < -0.3 is 10.4 Å². The van der Waals surface area contributed by atoms with E-state index in [9.17, 15) is 5.11 Å². The second kappa shape index (κ2) is 5.82. The van der Waals surface area contributed by atoms with Crippen molar-refractivity contribution in [1.82, 2.24) is 19.8 Å². The molecule has 126 valence electrons. The van der Waals surface area contributed by atoms with Gasteiger partial charge in [0.25, 0.3) is 0 Å². The summed E-state index contributed by atoms with van der Waals surface area (Å²) in [6.07, 6.45) is 3.63. The van der Waals surface area contributed by atoms with Gasteiger partial charge in [-0.2, -0.15) is 4.52 Å². The lowest BCUT2D eigenvalue weighted by Gasteiger charge is -2.29. The molecule has 1 aliphatic carbocycles. The lowest BCUT2D eigenvalue weighted by molar-refractivity contribution is 0.268. The fourth-order valence-electron chi connectivity index (χ4n) is 3.24. The summed E-state index contributed by atoms with van der Waals surface area (Å²) in [6, 6.07) is 6.08. The zero-order chi connectivity index (χ0) is 16.7. The van der Waals surface area contributed by atoms with Gasteiger partial charge in [-0.25, -0.2) is 0 Å². The molecule has 0 radical (unpaired) electrons. The molecular weight excluding hydrogens is 322 g/mol. The van der Waals surface area contributed by atoms with E-state index in [1.807, 2.05) is 23.5 Å². The van der Waals surface area contributed by atoms with Crippen LogP contribution in [0.1, 0.15) is 41.4 Å². The number of hydrogen-bond acceptors (Lipinski definition) is 6. The molecule has 0 amide bonds. The Balaban J connectivity index is 1.50. The summed E-state index contributed by atoms with van der Waals surface area (Å²) >= 11 is 1.91. The topological polar surface area (TPSA) is 75.3 Å². The van der Waals surface area contributed by atoms with Gasteiger partial charge in [-0.05, 0) is 48.4 Å². The maximum atomic E-state index is 9.28. The Morgan fingerprint density at radius 2 is 2.21 bits per heavy atom. The van der Waals surface area contributed by atoms with Crippen molar-refractivity contribution in [3.05, 3.63) is 39.3 Å². The van der Waals surface area contributed by atoms with Crippen LogP contribution in [0.3, 0.4) is 0 Å². The van der Waals surface area contributed by atoms with Crippen molar-refractivity contribution in [2.24, 2.45) is 5.41 Å². The molecule has 0 atom stereocenters. The fourth-order valence-corrected chi connectivity index (χ4v) is 4.36. The average molecular weight is 343 g/mol. The Labute approximate surface area is 144 Å². The summed E-state index contributed by atoms with van der Waals surface area (Å²) in [6.45, 7) is 5.28. The van der Waals surface area contributed by atoms with E-state index >= 15 is 0 Å². The molecular formula is C17H21N5OS. The Hall–Kier alpha value is -1.99. The minimum absolute atomic E-state index is 0.176. The van der Waals surface area contributed by atoms with Gasteiger partial charge in [0.1, 0.15) is 12.4 Å². The molecule has 7 heteroatoms. The van der Waals surface area contributed by atoms with Crippen LogP contribution < -0.4 is 5.32 Å². The minimum atomic E-state index is -0.176. The van der Waals surface area contributed by atoms with Gasteiger partial charge in [-0.3, -0.25) is 0 Å². The largest absolute Gasteiger partial charge is 0.388 e. The highest BCUT2D eigenvalue weighted by molar-refractivity contribution is 7.12. The zero-order valence-electron chi connectivity index (χ0n) is 13.9. The molecule has 3 aromatic heterocycles. The monoisotopic (exact) mass is 343 g/mol. The van der Waals surface area contributed by atoms with Crippen LogP contribution in [-0.2, 0) is 26.0 Å². The van der Waals surface area contributed by atoms with Crippen molar-refractivity contribution >= 4 is 22.8 Å². The van der Waals surface area contributed by atoms with Crippen LogP contribution >= 0.6 is 11.3 Å². The van der Waals surface area contributed by atoms with Crippen molar-refractivity contribution < 1.29 is 5.11 Å². The molecule has 0 saturated heterocycles. The first-order valence-electron chi connectivity index (χ1n) is 8.21. The number of aryl methyl sites for hydroxylation is 1. The third kappa shape index (κ3) is 2.89. The third-order valence-electron chi connectivity index (χ3n) is 4.56. The lowest BCUT2D eigenvalue weighted by Crippen LogP contribution is -2.20. The van der Waals surface area contributed by atoms with Gasteiger partial charge in [0.05, 0.1) is 6.54 Å². The summed E-state index contributed by atoms with van der Waals surface area (Å²) in [5.41, 5.74) is 2.57. The molecule has 4 rings (SSSR count). The first-order chi connectivity index (χ1) is 11.5. The van der Waals surface area contributed by atoms with Crippen LogP contribution in [0.25, 0.3) is 5.65 Å². The zero-order valence-corrected chi connectivity index (χ0v) is 14.7. The quantitative estimate of drug-likeness (QED) is 0.762. The van der Waals surface area contributed by atoms with Gasteiger partial charge in [0, 0.05) is 9.75 Å². The first kappa shape index (κ1) is 15.5. The van der Waals surface area contributed by atoms with Crippen molar-refractivity contribution in [3.63, 3.8) is 0 Å². The predicted molar refractivity (Wildman–Crippen MR) is 94.2 cm³/mol. The molecule has 0 spiro atoms. The normalized spacial score (nSPS) is 16.3. The number of aromatic nitrogens is 4. The molecule has 0 aromatic carbocycles. The second-order valence-corrected chi connectivity index (χ2v) is 8.34. The summed E-state index contributed by atoms with van der Waals surface area (Å²) in [7, 11) is 0. The van der Waals surface area contributed by atoms with Crippen molar-refractivity contribution in [3.8, 4) is 0 Å². The molecule has 24 heavy (non-hydrogen) atoms. The van der Waals surface area contributed by atoms with E-state index in [0.717, 1.165) is 12.4 Å². The molecule has 3 aromatic rings. The summed E-state index contributed by atoms with van der Waals surface area (Å²) < 4.78 is 1.57. The number of thiophene rings is 1. The van der Waals surface area contributed by atoms with E-state index in [1.165, 1.54) is 34.6 Å². The average Bonchev–Trinajstić information content (AvgIpc) is 3.14. The standard InChI is InChI=1S/C17H21N5OS/c1-17(2)6-5-13-11(8-17)7-12(24-13)9-18-14-3-4-15-19-20-16(10-23)22(15)21-14/h3-4,7,23H,5-6,8-10H2,1-2H3,(H,18,21). The minimum Gasteiger partial charge on any atom is -0.388 e. The van der Waals surface area contributed by atoms with Crippen LogP contribution in [0.5, 0.6) is 0 Å². The second-order valence-electron chi connectivity index (χ2n) is 7.12. The van der Waals surface area contributed by atoms with Crippen molar-refractivity contribution in [1.29, 1.82) is 0 Å². The molecule has 0 aliphatic heterocycles. The first-order valence-corrected chi connectivity index (χ1v) is 9.02. The summed E-state index contributed by atoms with van der Waals surface area (Å²) in [5.74, 6) is 1.20. The number of nitrogens with zero attached hydrogens (tertiary/aromatic N) is 4. The number of hydrogen-bond donors (Lipinski definition) is 2.